The van der Waals surface area contributed by atoms with Crippen LogP contribution in [0.15, 0.2) is 12.4 Å². The number of sulfonamides is 1. The van der Waals surface area contributed by atoms with Crippen molar-refractivity contribution >= 4 is 15.9 Å². The highest BCUT2D eigenvalue weighted by atomic mass is 32.2. The van der Waals surface area contributed by atoms with Gasteiger partial charge in [-0.25, -0.2) is 23.1 Å². The number of methoxy groups -OCH3 is 1. The predicted molar refractivity (Wildman–Crippen MR) is 88.7 cm³/mol. The summed E-state index contributed by atoms with van der Waals surface area (Å²) in [4.78, 5) is 22.4. The topological polar surface area (TPSA) is 111 Å². The molecule has 2 saturated heterocycles. The van der Waals surface area contributed by atoms with E-state index in [-0.39, 0.29) is 30.3 Å². The van der Waals surface area contributed by atoms with Crippen LogP contribution in [0.4, 0.5) is 0 Å². The van der Waals surface area contributed by atoms with Crippen molar-refractivity contribution in [3.63, 3.8) is 0 Å². The number of aromatic nitrogens is 2. The average Bonchev–Trinajstić information content (AvgIpc) is 3.01. The maximum atomic E-state index is 12.6. The van der Waals surface area contributed by atoms with Gasteiger partial charge in [-0.3, -0.25) is 4.79 Å². The maximum Gasteiger partial charge on any atom is 0.291 e. The molecule has 10 heteroatoms. The highest BCUT2D eigenvalue weighted by Crippen LogP contribution is 2.34. The van der Waals surface area contributed by atoms with Gasteiger partial charge in [0.2, 0.25) is 15.8 Å². The Morgan fingerprint density at radius 3 is 2.80 bits per heavy atom. The first-order valence-electron chi connectivity index (χ1n) is 8.09. The molecule has 0 unspecified atom stereocenters. The van der Waals surface area contributed by atoms with Crippen LogP contribution in [0.25, 0.3) is 0 Å². The Balaban J connectivity index is 1.65. The lowest BCUT2D eigenvalue weighted by Crippen LogP contribution is -2.47. The smallest absolute Gasteiger partial charge is 0.291 e. The van der Waals surface area contributed by atoms with Crippen LogP contribution in [0.3, 0.4) is 0 Å². The molecular formula is C15H22N4O5S. The van der Waals surface area contributed by atoms with Crippen LogP contribution in [-0.2, 0) is 14.8 Å². The van der Waals surface area contributed by atoms with E-state index in [4.69, 9.17) is 9.47 Å². The molecule has 2 aliphatic rings. The molecule has 2 aliphatic heterocycles. The van der Waals surface area contributed by atoms with E-state index in [1.165, 1.54) is 19.5 Å². The van der Waals surface area contributed by atoms with Crippen LogP contribution in [0.2, 0.25) is 0 Å². The minimum absolute atomic E-state index is 0.102. The third kappa shape index (κ3) is 4.25. The molecule has 2 fully saturated rings. The Labute approximate surface area is 146 Å². The molecule has 1 N–H and O–H groups in total. The molecule has 3 rings (SSSR count). The van der Waals surface area contributed by atoms with Crippen LogP contribution < -0.4 is 9.46 Å². The molecule has 1 aromatic rings. The van der Waals surface area contributed by atoms with Gasteiger partial charge in [-0.2, -0.15) is 0 Å². The summed E-state index contributed by atoms with van der Waals surface area (Å²) in [6.45, 7) is 1.95. The number of hydrogen-bond acceptors (Lipinski definition) is 7. The van der Waals surface area contributed by atoms with E-state index in [0.29, 0.717) is 31.4 Å². The number of likely N-dealkylation sites (tertiary alicyclic amines) is 1. The summed E-state index contributed by atoms with van der Waals surface area (Å²) in [5.74, 6) is 0.829. The Morgan fingerprint density at radius 1 is 1.44 bits per heavy atom. The first-order valence-corrected chi connectivity index (χ1v) is 9.98. The lowest BCUT2D eigenvalue weighted by atomic mass is 9.84. The Bertz CT molecular complexity index is 724. The van der Waals surface area contributed by atoms with Crippen molar-refractivity contribution in [2.45, 2.75) is 12.5 Å². The van der Waals surface area contributed by atoms with Crippen molar-refractivity contribution in [3.8, 4) is 5.75 Å². The minimum Gasteiger partial charge on any atom is -0.494 e. The quantitative estimate of drug-likeness (QED) is 0.745. The number of hydrogen-bond donors (Lipinski definition) is 1. The summed E-state index contributed by atoms with van der Waals surface area (Å²) < 4.78 is 35.8. The molecule has 1 amide bonds. The Kier molecular flexibility index (Phi) is 5.21. The minimum atomic E-state index is -3.27. The largest absolute Gasteiger partial charge is 0.494 e. The third-order valence-corrected chi connectivity index (χ3v) is 5.39. The van der Waals surface area contributed by atoms with E-state index in [1.807, 2.05) is 0 Å². The van der Waals surface area contributed by atoms with Gasteiger partial charge in [-0.15, -0.1) is 0 Å². The maximum absolute atomic E-state index is 12.6. The summed E-state index contributed by atoms with van der Waals surface area (Å²) in [5.41, 5.74) is 0. The number of carbonyl (C=O) groups is 1. The number of piperidine rings is 1. The van der Waals surface area contributed by atoms with E-state index >= 15 is 0 Å². The van der Waals surface area contributed by atoms with Crippen molar-refractivity contribution in [2.75, 3.05) is 39.6 Å². The molecular weight excluding hydrogens is 348 g/mol. The molecule has 3 atom stereocenters. The van der Waals surface area contributed by atoms with Crippen LogP contribution in [0, 0.1) is 11.8 Å². The van der Waals surface area contributed by atoms with E-state index in [0.717, 1.165) is 12.7 Å². The molecule has 0 radical (unpaired) electrons. The molecule has 9 nitrogen and oxygen atoms in total. The molecule has 0 spiro atoms. The first kappa shape index (κ1) is 18.0. The van der Waals surface area contributed by atoms with Gasteiger partial charge < -0.3 is 14.4 Å². The van der Waals surface area contributed by atoms with Crippen LogP contribution >= 0.6 is 0 Å². The van der Waals surface area contributed by atoms with E-state index in [9.17, 15) is 13.2 Å². The number of nitrogens with one attached hydrogen (secondary N) is 1. The second-order valence-electron chi connectivity index (χ2n) is 6.40. The third-order valence-electron chi connectivity index (χ3n) is 4.70. The molecule has 3 heterocycles. The fourth-order valence-corrected chi connectivity index (χ4v) is 3.80. The molecule has 25 heavy (non-hydrogen) atoms. The number of nitrogens with zero attached hydrogens (tertiary/aromatic N) is 3. The van der Waals surface area contributed by atoms with Crippen LogP contribution in [0.5, 0.6) is 5.75 Å². The van der Waals surface area contributed by atoms with Gasteiger partial charge in [0.1, 0.15) is 0 Å². The van der Waals surface area contributed by atoms with Crippen molar-refractivity contribution in [2.24, 2.45) is 11.8 Å². The lowest BCUT2D eigenvalue weighted by Gasteiger charge is -2.35. The van der Waals surface area contributed by atoms with Crippen molar-refractivity contribution in [1.29, 1.82) is 0 Å². The zero-order chi connectivity index (χ0) is 18.0. The fraction of sp³-hybridized carbons (Fsp3) is 0.667. The fourth-order valence-electron chi connectivity index (χ4n) is 3.33. The summed E-state index contributed by atoms with van der Waals surface area (Å²) in [5, 5.41) is 0. The van der Waals surface area contributed by atoms with Crippen molar-refractivity contribution in [3.05, 3.63) is 18.2 Å². The Hall–Kier alpha value is -1.78. The van der Waals surface area contributed by atoms with Crippen molar-refractivity contribution < 1.29 is 22.7 Å². The van der Waals surface area contributed by atoms with E-state index in [2.05, 4.69) is 14.7 Å². The molecule has 0 saturated carbocycles. The number of fused-ring (bicyclic) bond motifs is 1. The zero-order valence-electron chi connectivity index (χ0n) is 14.2. The normalized spacial score (nSPS) is 26.3. The second kappa shape index (κ2) is 7.22. The van der Waals surface area contributed by atoms with Gasteiger partial charge in [0.15, 0.2) is 5.75 Å². The molecule has 138 valence electrons. The van der Waals surface area contributed by atoms with Gasteiger partial charge in [0, 0.05) is 25.6 Å². The van der Waals surface area contributed by atoms with Gasteiger partial charge in [0.05, 0.1) is 38.5 Å². The number of rotatable bonds is 5. The van der Waals surface area contributed by atoms with E-state index in [1.54, 1.807) is 4.90 Å². The van der Waals surface area contributed by atoms with Gasteiger partial charge in [-0.05, 0) is 12.3 Å². The monoisotopic (exact) mass is 370 g/mol. The van der Waals surface area contributed by atoms with E-state index < -0.39 is 10.0 Å². The average molecular weight is 370 g/mol. The number of ether oxygens (including phenoxy) is 2. The zero-order valence-corrected chi connectivity index (χ0v) is 15.0. The summed E-state index contributed by atoms with van der Waals surface area (Å²) in [6.07, 6.45) is 4.64. The lowest BCUT2D eigenvalue weighted by molar-refractivity contribution is 0.0552. The van der Waals surface area contributed by atoms with Gasteiger partial charge in [-0.1, -0.05) is 0 Å². The van der Waals surface area contributed by atoms with Crippen LogP contribution in [-0.4, -0.2) is 74.9 Å². The van der Waals surface area contributed by atoms with Gasteiger partial charge >= 0.3 is 0 Å². The summed E-state index contributed by atoms with van der Waals surface area (Å²) in [6, 6.07) is 0. The summed E-state index contributed by atoms with van der Waals surface area (Å²) in [7, 11) is -1.76. The standard InChI is InChI=1S/C15H22N4O5S/c1-23-11-5-16-14(17-6-11)15(20)19-4-3-10-9-24-13(12(10)8-19)7-18-25(2,21)22/h5-6,10,12-13,18H,3-4,7-9H2,1-2H3/t10-,12-,13+/m0/s1. The SMILES string of the molecule is COc1cnc(C(=O)N2CC[C@H]3CO[C@H](CNS(C)(=O)=O)[C@H]3C2)nc1. The Morgan fingerprint density at radius 2 is 2.16 bits per heavy atom. The highest BCUT2D eigenvalue weighted by Gasteiger charge is 2.42. The van der Waals surface area contributed by atoms with Crippen molar-refractivity contribution in [1.82, 2.24) is 19.6 Å². The molecule has 1 aromatic heterocycles. The first-order chi connectivity index (χ1) is 11.9. The summed E-state index contributed by atoms with van der Waals surface area (Å²) >= 11 is 0. The number of amides is 1. The molecule has 0 aromatic carbocycles. The molecule has 0 bridgehead atoms. The van der Waals surface area contributed by atoms with Gasteiger partial charge in [0.25, 0.3) is 5.91 Å². The molecule has 0 aliphatic carbocycles. The number of carbonyl (C=O) groups excluding carboxylic acids is 1. The highest BCUT2D eigenvalue weighted by molar-refractivity contribution is 7.88. The predicted octanol–water partition coefficient (Wildman–Crippen LogP) is -0.488. The van der Waals surface area contributed by atoms with Crippen LogP contribution in [0.1, 0.15) is 17.0 Å². The second-order valence-corrected chi connectivity index (χ2v) is 8.24.